The number of hydrogen-bond acceptors (Lipinski definition) is 6. The van der Waals surface area contributed by atoms with Gasteiger partial charge >= 0.3 is 5.97 Å². The Morgan fingerprint density at radius 3 is 3.00 bits per heavy atom. The van der Waals surface area contributed by atoms with Crippen LogP contribution in [0.5, 0.6) is 5.75 Å². The van der Waals surface area contributed by atoms with E-state index in [1.54, 1.807) is 18.2 Å². The lowest BCUT2D eigenvalue weighted by atomic mass is 10.1. The van der Waals surface area contributed by atoms with Crippen LogP contribution in [-0.4, -0.2) is 43.9 Å². The van der Waals surface area contributed by atoms with Gasteiger partial charge in [0.1, 0.15) is 23.5 Å². The van der Waals surface area contributed by atoms with E-state index in [-0.39, 0.29) is 36.1 Å². The molecular formula is C17H13N5O5. The Morgan fingerprint density at radius 1 is 1.33 bits per heavy atom. The number of carboxylic acid groups (broad SMARTS) is 1. The molecule has 27 heavy (non-hydrogen) atoms. The first-order chi connectivity index (χ1) is 13.0. The summed E-state index contributed by atoms with van der Waals surface area (Å²) in [7, 11) is 0. The Bertz CT molecular complexity index is 1090. The zero-order valence-corrected chi connectivity index (χ0v) is 13.8. The van der Waals surface area contributed by atoms with E-state index in [0.717, 1.165) is 5.56 Å². The van der Waals surface area contributed by atoms with Gasteiger partial charge in [-0.25, -0.2) is 14.8 Å². The van der Waals surface area contributed by atoms with E-state index < -0.39 is 11.9 Å². The van der Waals surface area contributed by atoms with E-state index in [1.165, 1.54) is 23.0 Å². The standard InChI is InChI=1S/C17H13N5O5/c23-15-7-27-13-2-1-9(3-10(13)21-15)5-19-16(24)11-4-12(17(25)26)22-8-18-6-14(22)20-11/h1-4,6,8H,5,7H2,(H,19,24)(H,21,23)(H,25,26). The van der Waals surface area contributed by atoms with Crippen molar-refractivity contribution in [3.8, 4) is 5.75 Å². The fourth-order valence-electron chi connectivity index (χ4n) is 2.71. The number of aromatic carboxylic acids is 1. The highest BCUT2D eigenvalue weighted by atomic mass is 16.5. The zero-order valence-electron chi connectivity index (χ0n) is 13.8. The average Bonchev–Trinajstić information content (AvgIpc) is 3.13. The van der Waals surface area contributed by atoms with E-state index in [2.05, 4.69) is 20.6 Å². The fourth-order valence-corrected chi connectivity index (χ4v) is 2.71. The third kappa shape index (κ3) is 3.15. The van der Waals surface area contributed by atoms with Gasteiger partial charge in [0.25, 0.3) is 11.8 Å². The highest BCUT2D eigenvalue weighted by Gasteiger charge is 2.18. The van der Waals surface area contributed by atoms with Crippen molar-refractivity contribution in [3.63, 3.8) is 0 Å². The van der Waals surface area contributed by atoms with Crippen LogP contribution in [0.4, 0.5) is 5.69 Å². The Kier molecular flexibility index (Phi) is 3.92. The van der Waals surface area contributed by atoms with Gasteiger partial charge in [-0.3, -0.25) is 14.0 Å². The molecule has 0 aliphatic carbocycles. The summed E-state index contributed by atoms with van der Waals surface area (Å²) < 4.78 is 6.56. The monoisotopic (exact) mass is 367 g/mol. The van der Waals surface area contributed by atoms with Crippen molar-refractivity contribution < 1.29 is 24.2 Å². The molecular weight excluding hydrogens is 354 g/mol. The third-order valence-electron chi connectivity index (χ3n) is 3.97. The molecule has 2 aromatic heterocycles. The maximum Gasteiger partial charge on any atom is 0.353 e. The summed E-state index contributed by atoms with van der Waals surface area (Å²) >= 11 is 0. The van der Waals surface area contributed by atoms with Crippen LogP contribution >= 0.6 is 0 Å². The summed E-state index contributed by atoms with van der Waals surface area (Å²) in [5.74, 6) is -1.41. The molecule has 0 unspecified atom stereocenters. The summed E-state index contributed by atoms with van der Waals surface area (Å²) in [5, 5.41) is 14.7. The van der Waals surface area contributed by atoms with E-state index in [0.29, 0.717) is 11.4 Å². The first-order valence-corrected chi connectivity index (χ1v) is 7.91. The van der Waals surface area contributed by atoms with Gasteiger partial charge in [-0.15, -0.1) is 0 Å². The number of benzene rings is 1. The van der Waals surface area contributed by atoms with Crippen LogP contribution in [0.3, 0.4) is 0 Å². The first kappa shape index (κ1) is 16.5. The van der Waals surface area contributed by atoms with Gasteiger partial charge in [0, 0.05) is 12.6 Å². The van der Waals surface area contributed by atoms with Crippen LogP contribution in [-0.2, 0) is 11.3 Å². The van der Waals surface area contributed by atoms with Crippen molar-refractivity contribution in [1.82, 2.24) is 19.7 Å². The number of nitrogens with zero attached hydrogens (tertiary/aromatic N) is 3. The molecule has 1 aromatic carbocycles. The summed E-state index contributed by atoms with van der Waals surface area (Å²) in [6.45, 7) is 0.133. The summed E-state index contributed by atoms with van der Waals surface area (Å²) in [5.41, 5.74) is 1.38. The van der Waals surface area contributed by atoms with Crippen molar-refractivity contribution in [2.24, 2.45) is 0 Å². The molecule has 3 N–H and O–H groups in total. The van der Waals surface area contributed by atoms with E-state index in [9.17, 15) is 19.5 Å². The van der Waals surface area contributed by atoms with Gasteiger partial charge in [-0.05, 0) is 17.7 Å². The molecule has 136 valence electrons. The van der Waals surface area contributed by atoms with Gasteiger partial charge in [-0.1, -0.05) is 6.07 Å². The van der Waals surface area contributed by atoms with Crippen molar-refractivity contribution in [1.29, 1.82) is 0 Å². The van der Waals surface area contributed by atoms with Gasteiger partial charge in [0.05, 0.1) is 11.9 Å². The number of fused-ring (bicyclic) bond motifs is 2. The molecule has 3 aromatic rings. The Labute approximate surface area is 151 Å². The topological polar surface area (TPSA) is 135 Å². The normalized spacial score (nSPS) is 12.8. The molecule has 10 nitrogen and oxygen atoms in total. The van der Waals surface area contributed by atoms with Gasteiger partial charge < -0.3 is 20.5 Å². The molecule has 1 aliphatic rings. The predicted molar refractivity (Wildman–Crippen MR) is 91.7 cm³/mol. The summed E-state index contributed by atoms with van der Waals surface area (Å²) in [4.78, 5) is 43.1. The number of ether oxygens (including phenoxy) is 1. The lowest BCUT2D eigenvalue weighted by Crippen LogP contribution is -2.26. The number of nitrogens with one attached hydrogen (secondary N) is 2. The van der Waals surface area contributed by atoms with Crippen LogP contribution < -0.4 is 15.4 Å². The fraction of sp³-hybridized carbons (Fsp3) is 0.118. The minimum atomic E-state index is -1.19. The summed E-state index contributed by atoms with van der Waals surface area (Å²) in [6, 6.07) is 6.35. The molecule has 0 spiro atoms. The van der Waals surface area contributed by atoms with Crippen LogP contribution in [0.1, 0.15) is 26.5 Å². The average molecular weight is 367 g/mol. The highest BCUT2D eigenvalue weighted by Crippen LogP contribution is 2.28. The number of imidazole rings is 1. The number of anilines is 1. The van der Waals surface area contributed by atoms with Crippen LogP contribution in [0.2, 0.25) is 0 Å². The number of carboxylic acids is 1. The van der Waals surface area contributed by atoms with Crippen LogP contribution in [0.15, 0.2) is 36.8 Å². The number of hydrogen-bond donors (Lipinski definition) is 3. The second-order valence-electron chi connectivity index (χ2n) is 5.80. The SMILES string of the molecule is O=C1COc2ccc(CNC(=O)c3cc(C(=O)O)n4cncc4n3)cc2N1. The maximum absolute atomic E-state index is 12.4. The Balaban J connectivity index is 1.53. The summed E-state index contributed by atoms with van der Waals surface area (Å²) in [6.07, 6.45) is 2.69. The largest absolute Gasteiger partial charge is 0.482 e. The number of amides is 2. The molecule has 0 saturated heterocycles. The maximum atomic E-state index is 12.4. The smallest absolute Gasteiger partial charge is 0.353 e. The first-order valence-electron chi connectivity index (χ1n) is 7.91. The lowest BCUT2D eigenvalue weighted by Gasteiger charge is -2.18. The lowest BCUT2D eigenvalue weighted by molar-refractivity contribution is -0.118. The highest BCUT2D eigenvalue weighted by molar-refractivity contribution is 5.96. The predicted octanol–water partition coefficient (Wildman–Crippen LogP) is 0.688. The number of carbonyl (C=O) groups excluding carboxylic acids is 2. The van der Waals surface area contributed by atoms with Gasteiger partial charge in [0.15, 0.2) is 12.3 Å². The zero-order chi connectivity index (χ0) is 19.0. The minimum absolute atomic E-state index is 0.0300. The quantitative estimate of drug-likeness (QED) is 0.617. The second kappa shape index (κ2) is 6.41. The molecule has 10 heteroatoms. The van der Waals surface area contributed by atoms with E-state index >= 15 is 0 Å². The van der Waals surface area contributed by atoms with Crippen LogP contribution in [0.25, 0.3) is 5.65 Å². The number of carbonyl (C=O) groups is 3. The van der Waals surface area contributed by atoms with Crippen molar-refractivity contribution in [2.75, 3.05) is 11.9 Å². The molecule has 1 aliphatic heterocycles. The molecule has 0 bridgehead atoms. The molecule has 0 radical (unpaired) electrons. The molecule has 0 fully saturated rings. The Morgan fingerprint density at radius 2 is 2.19 bits per heavy atom. The van der Waals surface area contributed by atoms with Crippen molar-refractivity contribution in [3.05, 3.63) is 53.7 Å². The van der Waals surface area contributed by atoms with Gasteiger partial charge in [0.2, 0.25) is 0 Å². The molecule has 2 amide bonds. The van der Waals surface area contributed by atoms with Gasteiger partial charge in [-0.2, -0.15) is 0 Å². The van der Waals surface area contributed by atoms with E-state index in [4.69, 9.17) is 4.74 Å². The molecule has 4 rings (SSSR count). The van der Waals surface area contributed by atoms with Crippen molar-refractivity contribution in [2.45, 2.75) is 6.54 Å². The second-order valence-corrected chi connectivity index (χ2v) is 5.80. The number of rotatable bonds is 4. The molecule has 0 saturated carbocycles. The van der Waals surface area contributed by atoms with Crippen LogP contribution in [0, 0.1) is 0 Å². The molecule has 0 atom stereocenters. The van der Waals surface area contributed by atoms with E-state index in [1.807, 2.05) is 0 Å². The minimum Gasteiger partial charge on any atom is -0.482 e. The number of aromatic nitrogens is 3. The third-order valence-corrected chi connectivity index (χ3v) is 3.97. The van der Waals surface area contributed by atoms with Crippen molar-refractivity contribution >= 4 is 29.1 Å². The molecule has 3 heterocycles. The Hall–Kier alpha value is -3.95.